The number of rotatable bonds is 4. The smallest absolute Gasteiger partial charge is 0.316 e. The zero-order valence-electron chi connectivity index (χ0n) is 15.0. The molecule has 1 fully saturated rings. The molecule has 1 aliphatic heterocycles. The van der Waals surface area contributed by atoms with Gasteiger partial charge in [0, 0.05) is 6.54 Å². The summed E-state index contributed by atoms with van der Waals surface area (Å²) in [6.45, 7) is 0.798. The zero-order valence-corrected chi connectivity index (χ0v) is 16.5. The summed E-state index contributed by atoms with van der Waals surface area (Å²) in [6, 6.07) is 5.79. The summed E-state index contributed by atoms with van der Waals surface area (Å²) < 4.78 is 33.6. The molecule has 1 aromatic heterocycles. The minimum Gasteiger partial charge on any atom is -0.459 e. The molecule has 1 aliphatic carbocycles. The van der Waals surface area contributed by atoms with Crippen molar-refractivity contribution in [3.05, 3.63) is 46.7 Å². The first-order valence-electron chi connectivity index (χ1n) is 9.28. The maximum absolute atomic E-state index is 13.1. The number of aryl methyl sites for hydroxylation is 2. The molecule has 2 aliphatic rings. The number of piperidine rings is 1. The molecule has 0 radical (unpaired) electrons. The third-order valence-electron chi connectivity index (χ3n) is 5.17. The van der Waals surface area contributed by atoms with Crippen LogP contribution in [0.25, 0.3) is 0 Å². The highest BCUT2D eigenvalue weighted by atomic mass is 35.5. The van der Waals surface area contributed by atoms with E-state index in [2.05, 4.69) is 9.97 Å². The molecule has 1 unspecified atom stereocenters. The van der Waals surface area contributed by atoms with E-state index in [1.165, 1.54) is 34.2 Å². The second kappa shape index (κ2) is 7.73. The molecule has 8 heteroatoms. The topological polar surface area (TPSA) is 72.4 Å². The van der Waals surface area contributed by atoms with Crippen LogP contribution in [0.4, 0.5) is 0 Å². The van der Waals surface area contributed by atoms with Gasteiger partial charge in [-0.3, -0.25) is 0 Å². The Morgan fingerprint density at radius 3 is 2.59 bits per heavy atom. The largest absolute Gasteiger partial charge is 0.459 e. The molecule has 144 valence electrons. The van der Waals surface area contributed by atoms with Crippen molar-refractivity contribution in [1.29, 1.82) is 0 Å². The van der Waals surface area contributed by atoms with Crippen molar-refractivity contribution in [3.8, 4) is 6.01 Å². The minimum atomic E-state index is -3.54. The fourth-order valence-electron chi connectivity index (χ4n) is 3.75. The Kier molecular flexibility index (Phi) is 5.34. The van der Waals surface area contributed by atoms with Crippen LogP contribution in [0.1, 0.15) is 36.8 Å². The van der Waals surface area contributed by atoms with E-state index in [-0.39, 0.29) is 12.1 Å². The molecule has 6 nitrogen and oxygen atoms in total. The van der Waals surface area contributed by atoms with Crippen LogP contribution in [0.5, 0.6) is 6.01 Å². The van der Waals surface area contributed by atoms with E-state index in [9.17, 15) is 8.42 Å². The van der Waals surface area contributed by atoms with Gasteiger partial charge in [0.15, 0.2) is 0 Å². The normalized spacial score (nSPS) is 20.9. The van der Waals surface area contributed by atoms with Crippen molar-refractivity contribution < 1.29 is 13.2 Å². The van der Waals surface area contributed by atoms with E-state index >= 15 is 0 Å². The first kappa shape index (κ1) is 18.7. The average molecular weight is 408 g/mol. The van der Waals surface area contributed by atoms with Crippen molar-refractivity contribution in [2.75, 3.05) is 13.1 Å². The predicted octanol–water partition coefficient (Wildman–Crippen LogP) is 3.24. The van der Waals surface area contributed by atoms with Gasteiger partial charge in [0.1, 0.15) is 6.10 Å². The maximum atomic E-state index is 13.1. The molecule has 0 spiro atoms. The molecular weight excluding hydrogens is 386 g/mol. The van der Waals surface area contributed by atoms with Crippen LogP contribution in [0, 0.1) is 0 Å². The van der Waals surface area contributed by atoms with E-state index in [4.69, 9.17) is 16.3 Å². The van der Waals surface area contributed by atoms with Gasteiger partial charge in [-0.15, -0.1) is 0 Å². The number of nitrogens with zero attached hydrogens (tertiary/aromatic N) is 3. The third-order valence-corrected chi connectivity index (χ3v) is 7.22. The Hall–Kier alpha value is -1.70. The summed E-state index contributed by atoms with van der Waals surface area (Å²) in [4.78, 5) is 8.45. The van der Waals surface area contributed by atoms with Gasteiger partial charge in [0.25, 0.3) is 0 Å². The highest BCUT2D eigenvalue weighted by molar-refractivity contribution is 7.89. The molecule has 0 bridgehead atoms. The quantitative estimate of drug-likeness (QED) is 0.777. The van der Waals surface area contributed by atoms with E-state index in [0.29, 0.717) is 23.0 Å². The van der Waals surface area contributed by atoms with Crippen molar-refractivity contribution in [2.45, 2.75) is 49.5 Å². The highest BCUT2D eigenvalue weighted by Crippen LogP contribution is 2.27. The van der Waals surface area contributed by atoms with Crippen LogP contribution < -0.4 is 4.74 Å². The molecule has 0 amide bonds. The number of halogens is 1. The number of hydrogen-bond acceptors (Lipinski definition) is 5. The van der Waals surface area contributed by atoms with Gasteiger partial charge in [-0.1, -0.05) is 17.7 Å². The summed E-state index contributed by atoms with van der Waals surface area (Å²) in [7, 11) is -3.54. The van der Waals surface area contributed by atoms with Gasteiger partial charge in [0.05, 0.1) is 28.9 Å². The SMILES string of the molecule is O=S(=O)(c1ccc2c(c1)CCCC2)N1CCCC(Oc2ncc(Cl)cn2)C1. The lowest BCUT2D eigenvalue weighted by molar-refractivity contribution is 0.119. The van der Waals surface area contributed by atoms with Crippen LogP contribution in [0.3, 0.4) is 0 Å². The van der Waals surface area contributed by atoms with E-state index in [0.717, 1.165) is 32.1 Å². The summed E-state index contributed by atoms with van der Waals surface area (Å²) in [5.74, 6) is 0. The minimum absolute atomic E-state index is 0.220. The lowest BCUT2D eigenvalue weighted by Gasteiger charge is -2.31. The molecule has 2 heterocycles. The van der Waals surface area contributed by atoms with Crippen LogP contribution in [0.2, 0.25) is 5.02 Å². The Bertz CT molecular complexity index is 918. The average Bonchev–Trinajstić information content (AvgIpc) is 2.69. The summed E-state index contributed by atoms with van der Waals surface area (Å²) >= 11 is 5.79. The summed E-state index contributed by atoms with van der Waals surface area (Å²) in [5, 5.41) is 0.433. The van der Waals surface area contributed by atoms with Gasteiger partial charge in [-0.2, -0.15) is 4.31 Å². The predicted molar refractivity (Wildman–Crippen MR) is 103 cm³/mol. The molecule has 2 aromatic rings. The van der Waals surface area contributed by atoms with Crippen molar-refractivity contribution in [1.82, 2.24) is 14.3 Å². The molecule has 1 aromatic carbocycles. The Morgan fingerprint density at radius 1 is 1.07 bits per heavy atom. The maximum Gasteiger partial charge on any atom is 0.316 e. The second-order valence-electron chi connectivity index (χ2n) is 7.07. The number of hydrogen-bond donors (Lipinski definition) is 0. The van der Waals surface area contributed by atoms with E-state index in [1.54, 1.807) is 6.07 Å². The van der Waals surface area contributed by atoms with Crippen molar-refractivity contribution >= 4 is 21.6 Å². The van der Waals surface area contributed by atoms with E-state index < -0.39 is 10.0 Å². The number of ether oxygens (including phenoxy) is 1. The standard InChI is InChI=1S/C19H22ClN3O3S/c20-16-11-21-19(22-12-16)26-17-6-3-9-23(13-17)27(24,25)18-8-7-14-4-1-2-5-15(14)10-18/h7-8,10-12,17H,1-6,9,13H2. The van der Waals surface area contributed by atoms with Gasteiger partial charge >= 0.3 is 6.01 Å². The molecular formula is C19H22ClN3O3S. The molecule has 4 rings (SSSR count). The highest BCUT2D eigenvalue weighted by Gasteiger charge is 2.32. The summed E-state index contributed by atoms with van der Waals surface area (Å²) in [5.41, 5.74) is 2.45. The number of sulfonamides is 1. The van der Waals surface area contributed by atoms with Crippen molar-refractivity contribution in [2.24, 2.45) is 0 Å². The van der Waals surface area contributed by atoms with Gasteiger partial charge in [-0.25, -0.2) is 18.4 Å². The number of fused-ring (bicyclic) bond motifs is 1. The zero-order chi connectivity index (χ0) is 18.9. The van der Waals surface area contributed by atoms with E-state index in [1.807, 2.05) is 12.1 Å². The first-order chi connectivity index (χ1) is 13.0. The Balaban J connectivity index is 1.50. The lowest BCUT2D eigenvalue weighted by Crippen LogP contribution is -2.44. The molecule has 0 N–H and O–H groups in total. The van der Waals surface area contributed by atoms with Crippen LogP contribution in [-0.2, 0) is 22.9 Å². The number of benzene rings is 1. The summed E-state index contributed by atoms with van der Waals surface area (Å²) in [6.07, 6.45) is 8.46. The number of aromatic nitrogens is 2. The fourth-order valence-corrected chi connectivity index (χ4v) is 5.41. The monoisotopic (exact) mass is 407 g/mol. The molecule has 27 heavy (non-hydrogen) atoms. The van der Waals surface area contributed by atoms with Crippen LogP contribution in [-0.4, -0.2) is 41.9 Å². The van der Waals surface area contributed by atoms with Gasteiger partial charge < -0.3 is 4.74 Å². The van der Waals surface area contributed by atoms with Crippen molar-refractivity contribution in [3.63, 3.8) is 0 Å². The first-order valence-corrected chi connectivity index (χ1v) is 11.1. The third kappa shape index (κ3) is 4.10. The Morgan fingerprint density at radius 2 is 1.81 bits per heavy atom. The van der Waals surface area contributed by atoms with Crippen LogP contribution >= 0.6 is 11.6 Å². The second-order valence-corrected chi connectivity index (χ2v) is 9.44. The molecule has 1 saturated heterocycles. The molecule has 0 saturated carbocycles. The van der Waals surface area contributed by atoms with Crippen LogP contribution in [0.15, 0.2) is 35.5 Å². The lowest BCUT2D eigenvalue weighted by atomic mass is 9.92. The van der Waals surface area contributed by atoms with Gasteiger partial charge in [-0.05, 0) is 61.8 Å². The fraction of sp³-hybridized carbons (Fsp3) is 0.474. The van der Waals surface area contributed by atoms with Gasteiger partial charge in [0.2, 0.25) is 10.0 Å². The Labute approximate surface area is 164 Å². The molecule has 1 atom stereocenters.